The van der Waals surface area contributed by atoms with Gasteiger partial charge in [0.15, 0.2) is 27.2 Å². The van der Waals surface area contributed by atoms with Crippen molar-refractivity contribution in [3.05, 3.63) is 149 Å². The average molecular weight is 971 g/mol. The van der Waals surface area contributed by atoms with Crippen molar-refractivity contribution < 1.29 is 85.9 Å². The minimum atomic E-state index is -0.554. The number of hydrogen-bond donors (Lipinski definition) is 1. The van der Waals surface area contributed by atoms with E-state index in [4.69, 9.17) is 66.7 Å². The predicted molar refractivity (Wildman–Crippen MR) is 250 cm³/mol. The van der Waals surface area contributed by atoms with Crippen LogP contribution < -0.4 is 23.7 Å². The van der Waals surface area contributed by atoms with Gasteiger partial charge in [0.2, 0.25) is 0 Å². The van der Waals surface area contributed by atoms with Crippen LogP contribution in [0.2, 0.25) is 0 Å². The molecule has 0 aromatic heterocycles. The SMILES string of the molecule is COc1ccc(OCOC(C)COC(=O)c2ccc(OCOC(C)COC(=O)c3ccc(OCOC(C)COC(=O)c4ccc(OCOC(C)COC(=O)c5ccc(CO)cc5)cc4)cc3)cc2)cc1. The van der Waals surface area contributed by atoms with E-state index in [1.165, 1.54) is 0 Å². The van der Waals surface area contributed by atoms with Crippen LogP contribution in [-0.2, 0) is 44.5 Å². The molecule has 5 rings (SSSR count). The van der Waals surface area contributed by atoms with Crippen molar-refractivity contribution in [1.29, 1.82) is 0 Å². The van der Waals surface area contributed by atoms with Gasteiger partial charge in [-0.15, -0.1) is 0 Å². The van der Waals surface area contributed by atoms with Crippen molar-refractivity contribution in [2.75, 3.05) is 60.7 Å². The molecule has 0 radical (unpaired) electrons. The Morgan fingerprint density at radius 2 is 0.600 bits per heavy atom. The Labute approximate surface area is 406 Å². The summed E-state index contributed by atoms with van der Waals surface area (Å²) in [6.45, 7) is 6.45. The molecule has 0 heterocycles. The molecule has 1 N–H and O–H groups in total. The molecular weight excluding hydrogens is 913 g/mol. The molecule has 0 spiro atoms. The lowest BCUT2D eigenvalue weighted by atomic mass is 10.1. The molecular formula is C52H58O18. The highest BCUT2D eigenvalue weighted by Gasteiger charge is 2.16. The summed E-state index contributed by atoms with van der Waals surface area (Å²) in [6.07, 6.45) is -1.81. The maximum atomic E-state index is 12.6. The molecule has 0 saturated carbocycles. The molecule has 5 aromatic carbocycles. The molecule has 0 bridgehead atoms. The number of aliphatic hydroxyl groups excluding tert-OH is 1. The van der Waals surface area contributed by atoms with E-state index >= 15 is 0 Å². The van der Waals surface area contributed by atoms with Gasteiger partial charge >= 0.3 is 23.9 Å². The third kappa shape index (κ3) is 19.0. The highest BCUT2D eigenvalue weighted by molar-refractivity contribution is 5.91. The van der Waals surface area contributed by atoms with Gasteiger partial charge in [-0.05, 0) is 142 Å². The zero-order chi connectivity index (χ0) is 50.1. The minimum Gasteiger partial charge on any atom is -0.497 e. The van der Waals surface area contributed by atoms with Crippen LogP contribution in [0.25, 0.3) is 0 Å². The first-order valence-corrected chi connectivity index (χ1v) is 22.2. The van der Waals surface area contributed by atoms with E-state index in [1.54, 1.807) is 156 Å². The summed E-state index contributed by atoms with van der Waals surface area (Å²) in [6, 6.07) is 32.5. The first-order chi connectivity index (χ1) is 33.9. The van der Waals surface area contributed by atoms with Gasteiger partial charge in [0, 0.05) is 0 Å². The van der Waals surface area contributed by atoms with Crippen molar-refractivity contribution in [2.45, 2.75) is 58.7 Å². The predicted octanol–water partition coefficient (Wildman–Crippen LogP) is 7.58. The Morgan fingerprint density at radius 3 is 0.843 bits per heavy atom. The number of carbonyl (C=O) groups is 4. The van der Waals surface area contributed by atoms with Gasteiger partial charge in [0.25, 0.3) is 0 Å². The Kier molecular flexibility index (Phi) is 22.2. The van der Waals surface area contributed by atoms with Crippen molar-refractivity contribution in [1.82, 2.24) is 0 Å². The molecule has 70 heavy (non-hydrogen) atoms. The second-order valence-corrected chi connectivity index (χ2v) is 15.5. The number of rotatable bonds is 30. The highest BCUT2D eigenvalue weighted by Crippen LogP contribution is 2.19. The summed E-state index contributed by atoms with van der Waals surface area (Å²) in [5.41, 5.74) is 2.01. The fourth-order valence-electron chi connectivity index (χ4n) is 5.65. The fourth-order valence-corrected chi connectivity index (χ4v) is 5.65. The second kappa shape index (κ2) is 29.0. The summed E-state index contributed by atoms with van der Waals surface area (Å²) in [7, 11) is 1.59. The summed E-state index contributed by atoms with van der Waals surface area (Å²) in [4.78, 5) is 50.0. The lowest BCUT2D eigenvalue weighted by Gasteiger charge is -2.15. The molecule has 0 aliphatic carbocycles. The molecule has 0 aliphatic rings. The number of aliphatic hydroxyl groups is 1. The van der Waals surface area contributed by atoms with Crippen LogP contribution in [0.4, 0.5) is 0 Å². The van der Waals surface area contributed by atoms with Gasteiger partial charge in [-0.3, -0.25) is 0 Å². The molecule has 4 atom stereocenters. The second-order valence-electron chi connectivity index (χ2n) is 15.5. The summed E-state index contributed by atoms with van der Waals surface area (Å²) in [5.74, 6) is 0.571. The number of benzene rings is 5. The van der Waals surface area contributed by atoms with Crippen LogP contribution in [0, 0.1) is 0 Å². The maximum absolute atomic E-state index is 12.6. The monoisotopic (exact) mass is 970 g/mol. The Morgan fingerprint density at radius 1 is 0.371 bits per heavy atom. The third-order valence-electron chi connectivity index (χ3n) is 9.81. The number of ether oxygens (including phenoxy) is 13. The number of hydrogen-bond acceptors (Lipinski definition) is 18. The standard InChI is InChI=1S/C52H58O18/c1-35(27-59-49(54)40-8-6-39(26-53)7-9-40)63-31-67-45-16-10-41(11-17-45)50(55)60-28-36(2)64-32-68-46-18-12-42(13-19-46)51(56)61-29-37(3)65-33-69-47-20-14-43(15-21-47)52(57)62-30-38(4)66-34-70-48-24-22-44(58-5)23-25-48/h6-25,35-38,53H,26-34H2,1-5H3. The van der Waals surface area contributed by atoms with Gasteiger partial charge < -0.3 is 66.7 Å². The topological polar surface area (TPSA) is 208 Å². The van der Waals surface area contributed by atoms with E-state index in [0.717, 1.165) is 0 Å². The molecule has 374 valence electrons. The quantitative estimate of drug-likeness (QED) is 0.0267. The fraction of sp³-hybridized carbons (Fsp3) is 0.346. The van der Waals surface area contributed by atoms with Gasteiger partial charge in [-0.2, -0.15) is 0 Å². The maximum Gasteiger partial charge on any atom is 0.338 e. The lowest BCUT2D eigenvalue weighted by Crippen LogP contribution is -2.22. The Bertz CT molecular complexity index is 2340. The molecule has 0 aliphatic heterocycles. The van der Waals surface area contributed by atoms with Crippen LogP contribution in [0.1, 0.15) is 74.7 Å². The molecule has 0 amide bonds. The van der Waals surface area contributed by atoms with Gasteiger partial charge in [-0.1, -0.05) is 12.1 Å². The Hall–Kier alpha value is -7.22. The van der Waals surface area contributed by atoms with Crippen LogP contribution in [0.15, 0.2) is 121 Å². The van der Waals surface area contributed by atoms with Crippen molar-refractivity contribution in [3.8, 4) is 28.7 Å². The zero-order valence-corrected chi connectivity index (χ0v) is 39.6. The molecule has 4 unspecified atom stereocenters. The number of carbonyl (C=O) groups excluding carboxylic acids is 4. The summed E-state index contributed by atoms with van der Waals surface area (Å²) >= 11 is 0. The van der Waals surface area contributed by atoms with Crippen LogP contribution in [0.5, 0.6) is 28.7 Å². The number of esters is 4. The average Bonchev–Trinajstić information content (AvgIpc) is 3.38. The van der Waals surface area contributed by atoms with E-state index in [-0.39, 0.29) is 60.2 Å². The smallest absolute Gasteiger partial charge is 0.338 e. The highest BCUT2D eigenvalue weighted by atomic mass is 16.7. The van der Waals surface area contributed by atoms with Crippen molar-refractivity contribution in [3.63, 3.8) is 0 Å². The number of methoxy groups -OCH3 is 1. The molecule has 5 aromatic rings. The minimum absolute atomic E-state index is 0.0105. The van der Waals surface area contributed by atoms with E-state index in [2.05, 4.69) is 0 Å². The first-order valence-electron chi connectivity index (χ1n) is 22.2. The molecule has 18 heteroatoms. The zero-order valence-electron chi connectivity index (χ0n) is 39.6. The van der Waals surface area contributed by atoms with E-state index in [0.29, 0.717) is 56.6 Å². The van der Waals surface area contributed by atoms with E-state index < -0.39 is 48.3 Å². The largest absolute Gasteiger partial charge is 0.497 e. The molecule has 0 fully saturated rings. The van der Waals surface area contributed by atoms with Crippen molar-refractivity contribution >= 4 is 23.9 Å². The van der Waals surface area contributed by atoms with Crippen LogP contribution in [-0.4, -0.2) is 114 Å². The first kappa shape index (κ1) is 53.7. The molecule has 18 nitrogen and oxygen atoms in total. The van der Waals surface area contributed by atoms with Crippen molar-refractivity contribution in [2.24, 2.45) is 0 Å². The normalized spacial score (nSPS) is 12.6. The van der Waals surface area contributed by atoms with Gasteiger partial charge in [0.05, 0.1) is 60.4 Å². The van der Waals surface area contributed by atoms with Gasteiger partial charge in [0.1, 0.15) is 55.2 Å². The van der Waals surface area contributed by atoms with Crippen LogP contribution in [0.3, 0.4) is 0 Å². The van der Waals surface area contributed by atoms with Gasteiger partial charge in [-0.25, -0.2) is 19.2 Å². The summed E-state index contributed by atoms with van der Waals surface area (Å²) < 4.78 is 71.2. The van der Waals surface area contributed by atoms with E-state index in [1.807, 2.05) is 0 Å². The third-order valence-corrected chi connectivity index (χ3v) is 9.81. The Balaban J connectivity index is 0.873. The summed E-state index contributed by atoms with van der Waals surface area (Å²) in [5, 5.41) is 9.14. The van der Waals surface area contributed by atoms with E-state index in [9.17, 15) is 19.2 Å². The lowest BCUT2D eigenvalue weighted by molar-refractivity contribution is -0.0548. The van der Waals surface area contributed by atoms with Crippen LogP contribution >= 0.6 is 0 Å². The molecule has 0 saturated heterocycles.